The number of pyridine rings is 1. The van der Waals surface area contributed by atoms with E-state index >= 15 is 0 Å². The highest BCUT2D eigenvalue weighted by Gasteiger charge is 2.33. The summed E-state index contributed by atoms with van der Waals surface area (Å²) in [6.45, 7) is 4.90. The first kappa shape index (κ1) is 15.2. The Balaban J connectivity index is 2.31. The molecule has 0 aliphatic carbocycles. The summed E-state index contributed by atoms with van der Waals surface area (Å²) in [7, 11) is 0. The number of rotatable bonds is 4. The van der Waals surface area contributed by atoms with Gasteiger partial charge in [-0.15, -0.1) is 0 Å². The van der Waals surface area contributed by atoms with Crippen LogP contribution in [0, 0.1) is 5.82 Å². The minimum atomic E-state index is -0.676. The van der Waals surface area contributed by atoms with Crippen LogP contribution in [0.25, 0.3) is 0 Å². The van der Waals surface area contributed by atoms with E-state index in [-0.39, 0.29) is 17.3 Å². The molecule has 0 spiro atoms. The number of halogens is 1. The predicted octanol–water partition coefficient (Wildman–Crippen LogP) is 1.00. The van der Waals surface area contributed by atoms with Gasteiger partial charge in [0.1, 0.15) is 6.04 Å². The highest BCUT2D eigenvalue weighted by molar-refractivity contribution is 5.98. The Morgan fingerprint density at radius 2 is 2.33 bits per heavy atom. The van der Waals surface area contributed by atoms with Crippen LogP contribution in [0.3, 0.4) is 0 Å². The van der Waals surface area contributed by atoms with Crippen molar-refractivity contribution in [2.75, 3.05) is 25.0 Å². The summed E-state index contributed by atoms with van der Waals surface area (Å²) in [5.41, 5.74) is -0.0610. The molecule has 1 fully saturated rings. The van der Waals surface area contributed by atoms with Crippen molar-refractivity contribution in [1.29, 1.82) is 0 Å². The summed E-state index contributed by atoms with van der Waals surface area (Å²) >= 11 is 0. The van der Waals surface area contributed by atoms with Gasteiger partial charge in [-0.1, -0.05) is 6.92 Å². The van der Waals surface area contributed by atoms with Gasteiger partial charge in [0.2, 0.25) is 5.91 Å². The Hall–Kier alpha value is -2.18. The van der Waals surface area contributed by atoms with Gasteiger partial charge in [0.25, 0.3) is 5.91 Å². The summed E-state index contributed by atoms with van der Waals surface area (Å²) in [5.74, 6) is -1.29. The van der Waals surface area contributed by atoms with Gasteiger partial charge >= 0.3 is 0 Å². The molecule has 2 amide bonds. The maximum atomic E-state index is 14.3. The summed E-state index contributed by atoms with van der Waals surface area (Å²) in [4.78, 5) is 29.6. The average molecular weight is 294 g/mol. The fourth-order valence-corrected chi connectivity index (χ4v) is 2.42. The molecule has 114 valence electrons. The molecule has 7 heteroatoms. The quantitative estimate of drug-likeness (QED) is 0.869. The van der Waals surface area contributed by atoms with E-state index in [0.717, 1.165) is 0 Å². The van der Waals surface area contributed by atoms with E-state index in [4.69, 9.17) is 0 Å². The first-order chi connectivity index (χ1) is 10.1. The Morgan fingerprint density at radius 1 is 1.57 bits per heavy atom. The molecule has 1 saturated heterocycles. The van der Waals surface area contributed by atoms with Crippen molar-refractivity contribution in [2.24, 2.45) is 0 Å². The van der Waals surface area contributed by atoms with Gasteiger partial charge in [-0.05, 0) is 19.4 Å². The molecule has 2 N–H and O–H groups in total. The molecule has 1 unspecified atom stereocenters. The van der Waals surface area contributed by atoms with Gasteiger partial charge in [-0.3, -0.25) is 9.59 Å². The van der Waals surface area contributed by atoms with Crippen LogP contribution in [-0.4, -0.2) is 47.4 Å². The second kappa shape index (κ2) is 6.51. The average Bonchev–Trinajstić information content (AvgIpc) is 2.48. The summed E-state index contributed by atoms with van der Waals surface area (Å²) in [5, 5.41) is 5.49. The van der Waals surface area contributed by atoms with E-state index in [9.17, 15) is 14.0 Å². The minimum absolute atomic E-state index is 0.0536. The Morgan fingerprint density at radius 3 is 3.00 bits per heavy atom. The topological polar surface area (TPSA) is 74.3 Å². The van der Waals surface area contributed by atoms with Crippen LogP contribution in [0.5, 0.6) is 0 Å². The van der Waals surface area contributed by atoms with Crippen molar-refractivity contribution in [3.8, 4) is 0 Å². The van der Waals surface area contributed by atoms with Gasteiger partial charge in [0.15, 0.2) is 11.6 Å². The number of carbonyl (C=O) groups excluding carboxylic acids is 2. The lowest BCUT2D eigenvalue weighted by atomic mass is 10.1. The third-order valence-corrected chi connectivity index (χ3v) is 3.44. The fraction of sp³-hybridized carbons (Fsp3) is 0.500. The zero-order valence-corrected chi connectivity index (χ0v) is 12.1. The second-order valence-corrected chi connectivity index (χ2v) is 4.77. The number of carbonyl (C=O) groups is 2. The van der Waals surface area contributed by atoms with Gasteiger partial charge in [-0.25, -0.2) is 9.37 Å². The van der Waals surface area contributed by atoms with E-state index in [2.05, 4.69) is 15.6 Å². The third kappa shape index (κ3) is 2.96. The molecule has 1 aliphatic heterocycles. The number of nitrogens with zero attached hydrogens (tertiary/aromatic N) is 2. The normalized spacial score (nSPS) is 18.3. The maximum absolute atomic E-state index is 14.3. The summed E-state index contributed by atoms with van der Waals surface area (Å²) in [6.07, 6.45) is 1.88. The van der Waals surface area contributed by atoms with Crippen LogP contribution in [-0.2, 0) is 4.79 Å². The monoisotopic (exact) mass is 294 g/mol. The lowest BCUT2D eigenvalue weighted by molar-refractivity contribution is -0.127. The molecule has 0 saturated carbocycles. The first-order valence-electron chi connectivity index (χ1n) is 7.07. The van der Waals surface area contributed by atoms with Crippen LogP contribution in [0.1, 0.15) is 30.6 Å². The van der Waals surface area contributed by atoms with Crippen molar-refractivity contribution >= 4 is 17.6 Å². The minimum Gasteiger partial charge on any atom is -0.368 e. The van der Waals surface area contributed by atoms with E-state index in [1.165, 1.54) is 17.2 Å². The fourth-order valence-electron chi connectivity index (χ4n) is 2.42. The van der Waals surface area contributed by atoms with E-state index in [0.29, 0.717) is 26.1 Å². The van der Waals surface area contributed by atoms with Crippen LogP contribution in [0.15, 0.2) is 12.3 Å². The largest absolute Gasteiger partial charge is 0.368 e. The molecule has 1 aliphatic rings. The Bertz CT molecular complexity index is 550. The van der Waals surface area contributed by atoms with Crippen molar-refractivity contribution in [3.05, 3.63) is 23.6 Å². The molecule has 21 heavy (non-hydrogen) atoms. The number of nitrogens with one attached hydrogen (secondary N) is 2. The smallest absolute Gasteiger partial charge is 0.257 e. The number of hydrogen-bond donors (Lipinski definition) is 2. The molecule has 1 atom stereocenters. The molecule has 0 radical (unpaired) electrons. The molecule has 1 aromatic heterocycles. The SMILES string of the molecule is CCNc1nccc(C(=O)N2CCNC(=O)C2CC)c1F. The number of piperazine rings is 1. The van der Waals surface area contributed by atoms with Crippen LogP contribution < -0.4 is 10.6 Å². The van der Waals surface area contributed by atoms with Gasteiger partial charge < -0.3 is 15.5 Å². The van der Waals surface area contributed by atoms with Crippen molar-refractivity contribution < 1.29 is 14.0 Å². The lowest BCUT2D eigenvalue weighted by Crippen LogP contribution is -2.57. The zero-order chi connectivity index (χ0) is 15.4. The molecule has 2 rings (SSSR count). The summed E-state index contributed by atoms with van der Waals surface area (Å²) < 4.78 is 14.3. The van der Waals surface area contributed by atoms with Crippen LogP contribution in [0.2, 0.25) is 0 Å². The highest BCUT2D eigenvalue weighted by Crippen LogP contribution is 2.19. The molecule has 6 nitrogen and oxygen atoms in total. The Labute approximate surface area is 122 Å². The van der Waals surface area contributed by atoms with E-state index < -0.39 is 17.8 Å². The molecule has 0 bridgehead atoms. The molecular weight excluding hydrogens is 275 g/mol. The van der Waals surface area contributed by atoms with Crippen LogP contribution in [0.4, 0.5) is 10.2 Å². The molecule has 1 aromatic rings. The lowest BCUT2D eigenvalue weighted by Gasteiger charge is -2.34. The Kier molecular flexibility index (Phi) is 4.72. The van der Waals surface area contributed by atoms with Crippen molar-refractivity contribution in [2.45, 2.75) is 26.3 Å². The van der Waals surface area contributed by atoms with E-state index in [1.807, 2.05) is 13.8 Å². The number of hydrogen-bond acceptors (Lipinski definition) is 4. The third-order valence-electron chi connectivity index (χ3n) is 3.44. The van der Waals surface area contributed by atoms with Crippen molar-refractivity contribution in [1.82, 2.24) is 15.2 Å². The zero-order valence-electron chi connectivity index (χ0n) is 12.1. The standard InChI is InChI=1S/C14H19FN4O2/c1-3-10-13(20)18-7-8-19(10)14(21)9-5-6-17-12(11(9)15)16-4-2/h5-6,10H,3-4,7-8H2,1-2H3,(H,16,17)(H,18,20). The highest BCUT2D eigenvalue weighted by atomic mass is 19.1. The van der Waals surface area contributed by atoms with Gasteiger partial charge in [0.05, 0.1) is 5.56 Å². The maximum Gasteiger partial charge on any atom is 0.257 e. The number of aromatic nitrogens is 1. The first-order valence-corrected chi connectivity index (χ1v) is 7.07. The predicted molar refractivity (Wildman–Crippen MR) is 76.5 cm³/mol. The second-order valence-electron chi connectivity index (χ2n) is 4.77. The number of amides is 2. The van der Waals surface area contributed by atoms with Gasteiger partial charge in [0, 0.05) is 25.8 Å². The summed E-state index contributed by atoms with van der Waals surface area (Å²) in [6, 6.07) is 0.791. The number of anilines is 1. The van der Waals surface area contributed by atoms with Crippen molar-refractivity contribution in [3.63, 3.8) is 0 Å². The molecule has 0 aromatic carbocycles. The molecular formula is C14H19FN4O2. The van der Waals surface area contributed by atoms with E-state index in [1.54, 1.807) is 0 Å². The van der Waals surface area contributed by atoms with Gasteiger partial charge in [-0.2, -0.15) is 0 Å². The molecule has 2 heterocycles. The van der Waals surface area contributed by atoms with Crippen LogP contribution >= 0.6 is 0 Å².